The molecule has 1 amide bonds. The molecule has 0 atom stereocenters. The molecule has 18 heavy (non-hydrogen) atoms. The van der Waals surface area contributed by atoms with E-state index < -0.39 is 0 Å². The van der Waals surface area contributed by atoms with Crippen LogP contribution in [0.15, 0.2) is 54.6 Å². The van der Waals surface area contributed by atoms with Gasteiger partial charge in [0, 0.05) is 24.8 Å². The summed E-state index contributed by atoms with van der Waals surface area (Å²) in [6.45, 7) is 2.29. The Balaban J connectivity index is 1.92. The van der Waals surface area contributed by atoms with Gasteiger partial charge in [-0.1, -0.05) is 30.3 Å². The Hall–Kier alpha value is -2.29. The van der Waals surface area contributed by atoms with E-state index in [2.05, 4.69) is 22.8 Å². The number of carbonyl (C=O) groups excluding carboxylic acids is 1. The van der Waals surface area contributed by atoms with E-state index in [1.54, 1.807) is 0 Å². The van der Waals surface area contributed by atoms with E-state index in [1.165, 1.54) is 12.5 Å². The van der Waals surface area contributed by atoms with Gasteiger partial charge in [-0.15, -0.1) is 0 Å². The molecule has 0 aliphatic carbocycles. The van der Waals surface area contributed by atoms with E-state index in [9.17, 15) is 4.79 Å². The molecular formula is C15H16N2O. The highest BCUT2D eigenvalue weighted by molar-refractivity contribution is 5.88. The van der Waals surface area contributed by atoms with Crippen molar-refractivity contribution in [2.75, 3.05) is 10.6 Å². The lowest BCUT2D eigenvalue weighted by molar-refractivity contribution is -0.114. The van der Waals surface area contributed by atoms with Gasteiger partial charge in [0.2, 0.25) is 5.91 Å². The van der Waals surface area contributed by atoms with Crippen molar-refractivity contribution in [3.8, 4) is 0 Å². The van der Waals surface area contributed by atoms with Crippen LogP contribution in [0.4, 0.5) is 11.4 Å². The van der Waals surface area contributed by atoms with Crippen LogP contribution in [0.25, 0.3) is 0 Å². The van der Waals surface area contributed by atoms with E-state index in [0.717, 1.165) is 17.9 Å². The van der Waals surface area contributed by atoms with Crippen LogP contribution >= 0.6 is 0 Å². The molecule has 2 aromatic carbocycles. The van der Waals surface area contributed by atoms with Crippen LogP contribution in [0, 0.1) is 0 Å². The summed E-state index contributed by atoms with van der Waals surface area (Å²) in [5.41, 5.74) is 3.09. The zero-order valence-corrected chi connectivity index (χ0v) is 10.3. The van der Waals surface area contributed by atoms with Crippen molar-refractivity contribution in [1.82, 2.24) is 0 Å². The van der Waals surface area contributed by atoms with E-state index in [-0.39, 0.29) is 5.91 Å². The lowest BCUT2D eigenvalue weighted by Crippen LogP contribution is -2.05. The first-order valence-corrected chi connectivity index (χ1v) is 5.89. The normalized spacial score (nSPS) is 9.83. The molecule has 3 heteroatoms. The highest BCUT2D eigenvalue weighted by Gasteiger charge is 1.96. The summed E-state index contributed by atoms with van der Waals surface area (Å²) in [7, 11) is 0. The molecule has 0 aliphatic heterocycles. The fourth-order valence-electron chi connectivity index (χ4n) is 1.67. The average Bonchev–Trinajstić information content (AvgIpc) is 2.38. The Morgan fingerprint density at radius 1 is 0.944 bits per heavy atom. The molecule has 0 radical (unpaired) electrons. The lowest BCUT2D eigenvalue weighted by Gasteiger charge is -2.07. The number of carbonyl (C=O) groups is 1. The van der Waals surface area contributed by atoms with Gasteiger partial charge in [-0.2, -0.15) is 0 Å². The van der Waals surface area contributed by atoms with Crippen molar-refractivity contribution < 1.29 is 4.79 Å². The summed E-state index contributed by atoms with van der Waals surface area (Å²) in [5.74, 6) is -0.0556. The van der Waals surface area contributed by atoms with Crippen LogP contribution in [-0.4, -0.2) is 5.91 Å². The Morgan fingerprint density at radius 2 is 1.56 bits per heavy atom. The minimum atomic E-state index is -0.0556. The van der Waals surface area contributed by atoms with Gasteiger partial charge < -0.3 is 10.6 Å². The van der Waals surface area contributed by atoms with E-state index in [4.69, 9.17) is 0 Å². The Kier molecular flexibility index (Phi) is 3.97. The number of hydrogen-bond acceptors (Lipinski definition) is 2. The van der Waals surface area contributed by atoms with Gasteiger partial charge in [0.15, 0.2) is 0 Å². The summed E-state index contributed by atoms with van der Waals surface area (Å²) in [6.07, 6.45) is 0. The molecule has 0 saturated carbocycles. The molecule has 2 N–H and O–H groups in total. The van der Waals surface area contributed by atoms with E-state index in [0.29, 0.717) is 0 Å². The van der Waals surface area contributed by atoms with Crippen molar-refractivity contribution in [1.29, 1.82) is 0 Å². The minimum absolute atomic E-state index is 0.0556. The molecule has 0 bridgehead atoms. The summed E-state index contributed by atoms with van der Waals surface area (Å²) < 4.78 is 0. The molecular weight excluding hydrogens is 224 g/mol. The third-order valence-corrected chi connectivity index (χ3v) is 2.54. The lowest BCUT2D eigenvalue weighted by atomic mass is 10.2. The SMILES string of the molecule is CC(=O)Nc1ccc(NCc2ccccc2)cc1. The maximum atomic E-state index is 10.9. The average molecular weight is 240 g/mol. The first-order valence-electron chi connectivity index (χ1n) is 5.89. The van der Waals surface area contributed by atoms with Gasteiger partial charge in [0.1, 0.15) is 0 Å². The largest absolute Gasteiger partial charge is 0.381 e. The zero-order valence-electron chi connectivity index (χ0n) is 10.3. The number of rotatable bonds is 4. The van der Waals surface area contributed by atoms with Crippen LogP contribution in [-0.2, 0) is 11.3 Å². The monoisotopic (exact) mass is 240 g/mol. The molecule has 0 unspecified atom stereocenters. The smallest absolute Gasteiger partial charge is 0.221 e. The number of amides is 1. The van der Waals surface area contributed by atoms with Crippen LogP contribution < -0.4 is 10.6 Å². The van der Waals surface area contributed by atoms with Crippen molar-refractivity contribution in [3.05, 3.63) is 60.2 Å². The highest BCUT2D eigenvalue weighted by Crippen LogP contribution is 2.14. The third kappa shape index (κ3) is 3.63. The zero-order chi connectivity index (χ0) is 12.8. The second kappa shape index (κ2) is 5.87. The minimum Gasteiger partial charge on any atom is -0.381 e. The predicted octanol–water partition coefficient (Wildman–Crippen LogP) is 3.26. The second-order valence-electron chi connectivity index (χ2n) is 4.10. The first-order chi connectivity index (χ1) is 8.74. The Bertz CT molecular complexity index is 506. The van der Waals surface area contributed by atoms with Gasteiger partial charge in [-0.3, -0.25) is 4.79 Å². The standard InChI is InChI=1S/C15H16N2O/c1-12(18)17-15-9-7-14(8-10-15)16-11-13-5-3-2-4-6-13/h2-10,16H,11H2,1H3,(H,17,18). The quantitative estimate of drug-likeness (QED) is 0.861. The fraction of sp³-hybridized carbons (Fsp3) is 0.133. The summed E-state index contributed by atoms with van der Waals surface area (Å²) in [4.78, 5) is 10.9. The van der Waals surface area contributed by atoms with Gasteiger partial charge in [-0.25, -0.2) is 0 Å². The van der Waals surface area contributed by atoms with Crippen LogP contribution in [0.1, 0.15) is 12.5 Å². The number of anilines is 2. The molecule has 0 fully saturated rings. The molecule has 3 nitrogen and oxygen atoms in total. The number of benzene rings is 2. The van der Waals surface area contributed by atoms with Gasteiger partial charge >= 0.3 is 0 Å². The molecule has 0 aliphatic rings. The molecule has 0 aromatic heterocycles. The molecule has 0 spiro atoms. The molecule has 92 valence electrons. The van der Waals surface area contributed by atoms with Crippen molar-refractivity contribution in [3.63, 3.8) is 0 Å². The number of nitrogens with one attached hydrogen (secondary N) is 2. The summed E-state index contributed by atoms with van der Waals surface area (Å²) >= 11 is 0. The molecule has 2 rings (SSSR count). The molecule has 0 heterocycles. The van der Waals surface area contributed by atoms with Gasteiger partial charge in [0.05, 0.1) is 0 Å². The van der Waals surface area contributed by atoms with Crippen LogP contribution in [0.2, 0.25) is 0 Å². The first kappa shape index (κ1) is 12.2. The third-order valence-electron chi connectivity index (χ3n) is 2.54. The maximum Gasteiger partial charge on any atom is 0.221 e. The van der Waals surface area contributed by atoms with Crippen LogP contribution in [0.5, 0.6) is 0 Å². The Labute approximate surface area is 107 Å². The summed E-state index contributed by atoms with van der Waals surface area (Å²) in [6, 6.07) is 17.9. The van der Waals surface area contributed by atoms with Crippen molar-refractivity contribution in [2.24, 2.45) is 0 Å². The van der Waals surface area contributed by atoms with Gasteiger partial charge in [0.25, 0.3) is 0 Å². The molecule has 2 aromatic rings. The Morgan fingerprint density at radius 3 is 2.17 bits per heavy atom. The van der Waals surface area contributed by atoms with E-state index in [1.807, 2.05) is 42.5 Å². The maximum absolute atomic E-state index is 10.9. The van der Waals surface area contributed by atoms with Crippen LogP contribution in [0.3, 0.4) is 0 Å². The predicted molar refractivity (Wildman–Crippen MR) is 74.5 cm³/mol. The summed E-state index contributed by atoms with van der Waals surface area (Å²) in [5, 5.41) is 6.07. The topological polar surface area (TPSA) is 41.1 Å². The van der Waals surface area contributed by atoms with Gasteiger partial charge in [-0.05, 0) is 29.8 Å². The second-order valence-corrected chi connectivity index (χ2v) is 4.10. The fourth-order valence-corrected chi connectivity index (χ4v) is 1.67. The number of hydrogen-bond donors (Lipinski definition) is 2. The van der Waals surface area contributed by atoms with E-state index >= 15 is 0 Å². The highest BCUT2D eigenvalue weighted by atomic mass is 16.1. The molecule has 0 saturated heterocycles. The van der Waals surface area contributed by atoms with Crippen molar-refractivity contribution in [2.45, 2.75) is 13.5 Å². The van der Waals surface area contributed by atoms with Crippen molar-refractivity contribution >= 4 is 17.3 Å².